The Bertz CT molecular complexity index is 169. The summed E-state index contributed by atoms with van der Waals surface area (Å²) in [4.78, 5) is 0. The molecular weight excluding hydrogens is 228 g/mol. The number of unbranched alkanes of at least 4 members (excludes halogenated alkanes) is 10. The zero-order chi connectivity index (χ0) is 14.4. The van der Waals surface area contributed by atoms with Crippen molar-refractivity contribution in [2.45, 2.75) is 111 Å². The van der Waals surface area contributed by atoms with E-state index in [-0.39, 0.29) is 0 Å². The third kappa shape index (κ3) is 14.2. The first kappa shape index (κ1) is 19.0. The number of rotatable bonds is 14. The minimum absolute atomic E-state index is 0.466. The van der Waals surface area contributed by atoms with Crippen LogP contribution in [0.5, 0.6) is 0 Å². The van der Waals surface area contributed by atoms with Crippen LogP contribution in [0.2, 0.25) is 0 Å². The normalized spacial score (nSPS) is 12.0. The van der Waals surface area contributed by atoms with E-state index in [1.807, 2.05) is 0 Å². The minimum Gasteiger partial charge on any atom is -0.0654 e. The Balaban J connectivity index is 3.14. The van der Waals surface area contributed by atoms with E-state index in [1.165, 1.54) is 83.5 Å². The molecule has 0 bridgehead atoms. The lowest BCUT2D eigenvalue weighted by Gasteiger charge is -2.23. The van der Waals surface area contributed by atoms with Crippen molar-refractivity contribution in [3.8, 4) is 0 Å². The molecule has 0 aromatic rings. The van der Waals surface area contributed by atoms with Crippen LogP contribution in [0.1, 0.15) is 111 Å². The fourth-order valence-corrected chi connectivity index (χ4v) is 2.90. The molecule has 0 unspecified atom stereocenters. The summed E-state index contributed by atoms with van der Waals surface area (Å²) < 4.78 is 0. The van der Waals surface area contributed by atoms with Gasteiger partial charge in [0.25, 0.3) is 0 Å². The molecule has 0 nitrogen and oxygen atoms in total. The Labute approximate surface area is 123 Å². The van der Waals surface area contributed by atoms with Gasteiger partial charge in [-0.3, -0.25) is 0 Å². The molecule has 0 atom stereocenters. The Morgan fingerprint density at radius 1 is 0.632 bits per heavy atom. The van der Waals surface area contributed by atoms with E-state index >= 15 is 0 Å². The van der Waals surface area contributed by atoms with E-state index in [0.717, 1.165) is 0 Å². The van der Waals surface area contributed by atoms with Crippen LogP contribution in [0, 0.1) is 11.8 Å². The van der Waals surface area contributed by atoms with Gasteiger partial charge in [-0.25, -0.2) is 0 Å². The van der Waals surface area contributed by atoms with Crippen molar-refractivity contribution in [3.63, 3.8) is 0 Å². The molecular formula is C19H39. The van der Waals surface area contributed by atoms with Gasteiger partial charge < -0.3 is 0 Å². The molecule has 0 heteroatoms. The van der Waals surface area contributed by atoms with Crippen LogP contribution in [0.25, 0.3) is 0 Å². The van der Waals surface area contributed by atoms with Gasteiger partial charge in [-0.2, -0.15) is 0 Å². The van der Waals surface area contributed by atoms with Crippen LogP contribution in [0.4, 0.5) is 0 Å². The molecule has 0 fully saturated rings. The third-order valence-corrected chi connectivity index (χ3v) is 4.18. The summed E-state index contributed by atoms with van der Waals surface area (Å²) in [5, 5.41) is 0. The number of hydrogen-bond acceptors (Lipinski definition) is 0. The summed E-state index contributed by atoms with van der Waals surface area (Å²) >= 11 is 0. The Morgan fingerprint density at radius 3 is 1.47 bits per heavy atom. The van der Waals surface area contributed by atoms with E-state index in [2.05, 4.69) is 34.1 Å². The second-order valence-corrected chi connectivity index (χ2v) is 6.89. The van der Waals surface area contributed by atoms with Gasteiger partial charge in [0, 0.05) is 0 Å². The maximum atomic E-state index is 2.48. The van der Waals surface area contributed by atoms with Crippen molar-refractivity contribution in [3.05, 3.63) is 6.42 Å². The van der Waals surface area contributed by atoms with Crippen LogP contribution in [-0.4, -0.2) is 0 Å². The first-order chi connectivity index (χ1) is 9.12. The van der Waals surface area contributed by atoms with E-state index in [9.17, 15) is 0 Å². The monoisotopic (exact) mass is 267 g/mol. The van der Waals surface area contributed by atoms with Crippen LogP contribution in [0.3, 0.4) is 0 Å². The molecule has 0 N–H and O–H groups in total. The van der Waals surface area contributed by atoms with E-state index < -0.39 is 0 Å². The molecule has 0 heterocycles. The van der Waals surface area contributed by atoms with E-state index in [1.54, 1.807) is 0 Å². The fraction of sp³-hybridized carbons (Fsp3) is 0.947. The lowest BCUT2D eigenvalue weighted by Crippen LogP contribution is -2.11. The van der Waals surface area contributed by atoms with Crippen molar-refractivity contribution in [1.29, 1.82) is 0 Å². The summed E-state index contributed by atoms with van der Waals surface area (Å²) in [5.41, 5.74) is 0.466. The molecule has 0 aliphatic heterocycles. The molecule has 0 aromatic heterocycles. The second-order valence-electron chi connectivity index (χ2n) is 6.89. The zero-order valence-corrected chi connectivity index (χ0v) is 14.3. The smallest absolute Gasteiger partial charge is 0.0323 e. The molecule has 0 spiro atoms. The molecule has 19 heavy (non-hydrogen) atoms. The summed E-state index contributed by atoms with van der Waals surface area (Å²) in [6.45, 7) is 9.31. The van der Waals surface area contributed by atoms with Gasteiger partial charge in [-0.05, 0) is 18.3 Å². The van der Waals surface area contributed by atoms with Crippen LogP contribution in [0.15, 0.2) is 0 Å². The van der Waals surface area contributed by atoms with Crippen LogP contribution < -0.4 is 0 Å². The highest BCUT2D eigenvalue weighted by Gasteiger charge is 2.15. The molecule has 1 radical (unpaired) electrons. The summed E-state index contributed by atoms with van der Waals surface area (Å²) in [5.74, 6) is 0. The standard InChI is InChI=1S/C19H39/c1-5-7-8-9-10-11-12-13-14-15-16-18-19(3,4)17-6-2/h17H,5-16,18H2,1-4H3. The van der Waals surface area contributed by atoms with Gasteiger partial charge in [0.05, 0.1) is 0 Å². The SMILES string of the molecule is CC[CH]C(C)(C)CCCCCCCCCCCCC. The van der Waals surface area contributed by atoms with Gasteiger partial charge in [0.2, 0.25) is 0 Å². The predicted octanol–water partition coefficient (Wildman–Crippen LogP) is 7.33. The van der Waals surface area contributed by atoms with E-state index in [4.69, 9.17) is 0 Å². The topological polar surface area (TPSA) is 0 Å². The first-order valence-corrected chi connectivity index (χ1v) is 8.96. The Morgan fingerprint density at radius 2 is 1.05 bits per heavy atom. The summed E-state index contributed by atoms with van der Waals surface area (Å²) in [6.07, 6.45) is 21.0. The number of hydrogen-bond donors (Lipinski definition) is 0. The maximum Gasteiger partial charge on any atom is -0.0323 e. The lowest BCUT2D eigenvalue weighted by molar-refractivity contribution is 0.367. The summed E-state index contributed by atoms with van der Waals surface area (Å²) in [7, 11) is 0. The first-order valence-electron chi connectivity index (χ1n) is 8.96. The van der Waals surface area contributed by atoms with Crippen LogP contribution >= 0.6 is 0 Å². The predicted molar refractivity (Wildman–Crippen MR) is 89.5 cm³/mol. The molecule has 0 rings (SSSR count). The average Bonchev–Trinajstić information content (AvgIpc) is 2.36. The molecule has 0 amide bonds. The van der Waals surface area contributed by atoms with Gasteiger partial charge in [-0.15, -0.1) is 0 Å². The van der Waals surface area contributed by atoms with E-state index in [0.29, 0.717) is 5.41 Å². The molecule has 115 valence electrons. The van der Waals surface area contributed by atoms with Crippen molar-refractivity contribution in [2.24, 2.45) is 5.41 Å². The largest absolute Gasteiger partial charge is 0.0654 e. The third-order valence-electron chi connectivity index (χ3n) is 4.18. The Kier molecular flexibility index (Phi) is 13.0. The highest BCUT2D eigenvalue weighted by Crippen LogP contribution is 2.28. The van der Waals surface area contributed by atoms with Gasteiger partial charge in [0.15, 0.2) is 0 Å². The molecule has 0 aromatic carbocycles. The molecule has 0 saturated heterocycles. The van der Waals surface area contributed by atoms with Gasteiger partial charge in [-0.1, -0.05) is 105 Å². The summed E-state index contributed by atoms with van der Waals surface area (Å²) in [6, 6.07) is 0. The molecule has 0 saturated carbocycles. The van der Waals surface area contributed by atoms with Crippen molar-refractivity contribution < 1.29 is 0 Å². The maximum absolute atomic E-state index is 2.48. The highest BCUT2D eigenvalue weighted by atomic mass is 14.2. The molecule has 0 aliphatic rings. The average molecular weight is 268 g/mol. The van der Waals surface area contributed by atoms with Gasteiger partial charge >= 0.3 is 0 Å². The highest BCUT2D eigenvalue weighted by molar-refractivity contribution is 4.83. The van der Waals surface area contributed by atoms with Crippen LogP contribution in [-0.2, 0) is 0 Å². The molecule has 0 aliphatic carbocycles. The minimum atomic E-state index is 0.466. The Hall–Kier alpha value is 0. The lowest BCUT2D eigenvalue weighted by atomic mass is 9.83. The quantitative estimate of drug-likeness (QED) is 0.289. The van der Waals surface area contributed by atoms with Crippen molar-refractivity contribution in [1.82, 2.24) is 0 Å². The van der Waals surface area contributed by atoms with Crippen molar-refractivity contribution >= 4 is 0 Å². The second kappa shape index (κ2) is 13.0. The fourth-order valence-electron chi connectivity index (χ4n) is 2.90. The van der Waals surface area contributed by atoms with Gasteiger partial charge in [0.1, 0.15) is 0 Å². The van der Waals surface area contributed by atoms with Crippen molar-refractivity contribution in [2.75, 3.05) is 0 Å². The zero-order valence-electron chi connectivity index (χ0n) is 14.3.